The number of hydrogen-bond acceptors (Lipinski definition) is 3. The maximum atomic E-state index is 11.6. The minimum Gasteiger partial charge on any atom is -0.391 e. The van der Waals surface area contributed by atoms with Crippen LogP contribution < -0.4 is 0 Å². The smallest absolute Gasteiger partial charge is 0.228 e. The van der Waals surface area contributed by atoms with Gasteiger partial charge in [-0.2, -0.15) is 0 Å². The lowest BCUT2D eigenvalue weighted by molar-refractivity contribution is -0.136. The van der Waals surface area contributed by atoms with Gasteiger partial charge in [0.1, 0.15) is 6.54 Å². The molecule has 0 saturated carbocycles. The summed E-state index contributed by atoms with van der Waals surface area (Å²) >= 11 is 0. The van der Waals surface area contributed by atoms with E-state index in [1.807, 2.05) is 0 Å². The molecule has 6 nitrogen and oxygen atoms in total. The molecule has 0 radical (unpaired) electrons. The van der Waals surface area contributed by atoms with E-state index in [9.17, 15) is 9.90 Å². The number of amides is 1. The molecule has 1 saturated heterocycles. The third kappa shape index (κ3) is 3.11. The summed E-state index contributed by atoms with van der Waals surface area (Å²) in [5.74, 6) is -0.196. The van der Waals surface area contributed by atoms with Crippen molar-refractivity contribution in [2.75, 3.05) is 13.1 Å². The number of azide groups is 1. The Labute approximate surface area is 88.5 Å². The third-order valence-corrected chi connectivity index (χ3v) is 2.70. The van der Waals surface area contributed by atoms with E-state index in [-0.39, 0.29) is 18.5 Å². The van der Waals surface area contributed by atoms with Gasteiger partial charge in [0.05, 0.1) is 12.1 Å². The van der Waals surface area contributed by atoms with E-state index >= 15 is 0 Å². The second-order valence-corrected chi connectivity index (χ2v) is 3.78. The van der Waals surface area contributed by atoms with Crippen molar-refractivity contribution in [1.29, 1.82) is 0 Å². The van der Waals surface area contributed by atoms with E-state index in [4.69, 9.17) is 5.53 Å². The zero-order chi connectivity index (χ0) is 11.3. The van der Waals surface area contributed by atoms with Gasteiger partial charge in [-0.25, -0.2) is 0 Å². The average molecular weight is 212 g/mol. The molecule has 1 fully saturated rings. The normalized spacial score (nSPS) is 23.1. The summed E-state index contributed by atoms with van der Waals surface area (Å²) in [4.78, 5) is 15.8. The lowest BCUT2D eigenvalue weighted by Gasteiger charge is -2.37. The topological polar surface area (TPSA) is 89.3 Å². The van der Waals surface area contributed by atoms with Crippen molar-refractivity contribution in [3.8, 4) is 0 Å². The Balaban J connectivity index is 2.62. The van der Waals surface area contributed by atoms with Crippen molar-refractivity contribution in [2.24, 2.45) is 5.11 Å². The van der Waals surface area contributed by atoms with Crippen molar-refractivity contribution in [3.05, 3.63) is 10.4 Å². The Morgan fingerprint density at radius 1 is 1.73 bits per heavy atom. The van der Waals surface area contributed by atoms with E-state index < -0.39 is 6.10 Å². The summed E-state index contributed by atoms with van der Waals surface area (Å²) in [5, 5.41) is 12.8. The lowest BCUT2D eigenvalue weighted by atomic mass is 9.98. The fourth-order valence-electron chi connectivity index (χ4n) is 1.95. The number of hydrogen-bond donors (Lipinski definition) is 1. The van der Waals surface area contributed by atoms with E-state index in [0.717, 1.165) is 19.3 Å². The Bertz CT molecular complexity index is 273. The molecule has 6 heteroatoms. The predicted octanol–water partition coefficient (Wildman–Crippen LogP) is 1.06. The van der Waals surface area contributed by atoms with Crippen LogP contribution in [0.2, 0.25) is 0 Å². The summed E-state index contributed by atoms with van der Waals surface area (Å²) in [5.41, 5.74) is 8.13. The number of likely N-dealkylation sites (tertiary alicyclic amines) is 1. The van der Waals surface area contributed by atoms with E-state index in [0.29, 0.717) is 6.54 Å². The minimum absolute atomic E-state index is 0.125. The molecule has 1 N–H and O–H groups in total. The Hall–Kier alpha value is -1.26. The molecular formula is C9H16N4O2. The van der Waals surface area contributed by atoms with Gasteiger partial charge in [0.25, 0.3) is 0 Å². The third-order valence-electron chi connectivity index (χ3n) is 2.70. The van der Waals surface area contributed by atoms with Crippen molar-refractivity contribution in [2.45, 2.75) is 38.3 Å². The molecule has 0 aromatic heterocycles. The van der Waals surface area contributed by atoms with Crippen LogP contribution in [-0.2, 0) is 4.79 Å². The van der Waals surface area contributed by atoms with E-state index in [2.05, 4.69) is 10.0 Å². The predicted molar refractivity (Wildman–Crippen MR) is 55.0 cm³/mol. The van der Waals surface area contributed by atoms with Crippen molar-refractivity contribution in [1.82, 2.24) is 4.90 Å². The quantitative estimate of drug-likeness (QED) is 0.430. The van der Waals surface area contributed by atoms with Gasteiger partial charge >= 0.3 is 0 Å². The van der Waals surface area contributed by atoms with Gasteiger partial charge in [-0.3, -0.25) is 4.79 Å². The molecule has 0 aromatic rings. The van der Waals surface area contributed by atoms with Gasteiger partial charge in [-0.15, -0.1) is 0 Å². The summed E-state index contributed by atoms with van der Waals surface area (Å²) in [6.07, 6.45) is 2.27. The molecule has 1 rings (SSSR count). The first-order valence-corrected chi connectivity index (χ1v) is 5.15. The van der Waals surface area contributed by atoms with Gasteiger partial charge in [-0.05, 0) is 31.7 Å². The van der Waals surface area contributed by atoms with Crippen LogP contribution >= 0.6 is 0 Å². The minimum atomic E-state index is -0.527. The molecule has 0 spiro atoms. The first kappa shape index (κ1) is 11.8. The van der Waals surface area contributed by atoms with Crippen molar-refractivity contribution < 1.29 is 9.90 Å². The molecule has 84 valence electrons. The first-order valence-electron chi connectivity index (χ1n) is 5.15. The second kappa shape index (κ2) is 5.58. The van der Waals surface area contributed by atoms with Gasteiger partial charge in [-0.1, -0.05) is 5.11 Å². The van der Waals surface area contributed by atoms with Gasteiger partial charge in [0, 0.05) is 11.5 Å². The number of rotatable bonds is 3. The molecule has 1 aliphatic heterocycles. The van der Waals surface area contributed by atoms with Crippen LogP contribution in [0.4, 0.5) is 0 Å². The molecule has 15 heavy (non-hydrogen) atoms. The maximum Gasteiger partial charge on any atom is 0.228 e. The van der Waals surface area contributed by atoms with Gasteiger partial charge in [0.15, 0.2) is 0 Å². The summed E-state index contributed by atoms with van der Waals surface area (Å²) in [7, 11) is 0. The number of carbonyl (C=O) groups excluding carboxylic acids is 1. The molecule has 2 atom stereocenters. The van der Waals surface area contributed by atoms with Crippen molar-refractivity contribution in [3.63, 3.8) is 0 Å². The SMILES string of the molecule is C[C@H](O)[C@@H]1CCCCN1C(=O)CN=[N+]=[N-]. The van der Waals surface area contributed by atoms with Crippen LogP contribution in [0.15, 0.2) is 5.11 Å². The Morgan fingerprint density at radius 3 is 3.07 bits per heavy atom. The van der Waals surface area contributed by atoms with Gasteiger partial charge < -0.3 is 10.0 Å². The highest BCUT2D eigenvalue weighted by molar-refractivity contribution is 5.78. The zero-order valence-electron chi connectivity index (χ0n) is 8.83. The molecule has 0 unspecified atom stereocenters. The standard InChI is InChI=1S/C9H16N4O2/c1-7(14)8-4-2-3-5-13(8)9(15)6-11-12-10/h7-8,14H,2-6H2,1H3/t7-,8-/m0/s1. The second-order valence-electron chi connectivity index (χ2n) is 3.78. The monoisotopic (exact) mass is 212 g/mol. The molecular weight excluding hydrogens is 196 g/mol. The number of aliphatic hydroxyl groups is 1. The lowest BCUT2D eigenvalue weighted by Crippen LogP contribution is -2.49. The molecule has 0 aliphatic carbocycles. The van der Waals surface area contributed by atoms with Crippen LogP contribution in [-0.4, -0.2) is 41.1 Å². The molecule has 1 aliphatic rings. The average Bonchev–Trinajstić information content (AvgIpc) is 2.25. The van der Waals surface area contributed by atoms with Crippen molar-refractivity contribution >= 4 is 5.91 Å². The largest absolute Gasteiger partial charge is 0.391 e. The number of nitrogens with zero attached hydrogens (tertiary/aromatic N) is 4. The Kier molecular flexibility index (Phi) is 4.39. The highest BCUT2D eigenvalue weighted by atomic mass is 16.3. The molecule has 1 heterocycles. The Morgan fingerprint density at radius 2 is 2.47 bits per heavy atom. The van der Waals surface area contributed by atoms with Crippen LogP contribution in [0.3, 0.4) is 0 Å². The maximum absolute atomic E-state index is 11.6. The number of piperidine rings is 1. The fraction of sp³-hybridized carbons (Fsp3) is 0.889. The van der Waals surface area contributed by atoms with Gasteiger partial charge in [0.2, 0.25) is 5.91 Å². The molecule has 0 bridgehead atoms. The summed E-state index contributed by atoms with van der Waals surface area (Å²) in [6, 6.07) is -0.125. The van der Waals surface area contributed by atoms with Crippen LogP contribution in [0.25, 0.3) is 10.4 Å². The molecule has 1 amide bonds. The highest BCUT2D eigenvalue weighted by Gasteiger charge is 2.29. The van der Waals surface area contributed by atoms with E-state index in [1.165, 1.54) is 0 Å². The highest BCUT2D eigenvalue weighted by Crippen LogP contribution is 2.19. The first-order chi connectivity index (χ1) is 7.16. The fourth-order valence-corrected chi connectivity index (χ4v) is 1.95. The van der Waals surface area contributed by atoms with Crippen LogP contribution in [0, 0.1) is 0 Å². The summed E-state index contributed by atoms with van der Waals surface area (Å²) in [6.45, 7) is 2.18. The van der Waals surface area contributed by atoms with Crippen LogP contribution in [0.1, 0.15) is 26.2 Å². The van der Waals surface area contributed by atoms with Crippen LogP contribution in [0.5, 0.6) is 0 Å². The summed E-state index contributed by atoms with van der Waals surface area (Å²) < 4.78 is 0. The molecule has 0 aromatic carbocycles. The number of carbonyl (C=O) groups is 1. The number of aliphatic hydroxyl groups excluding tert-OH is 1. The zero-order valence-corrected chi connectivity index (χ0v) is 8.83. The van der Waals surface area contributed by atoms with E-state index in [1.54, 1.807) is 11.8 Å².